The van der Waals surface area contributed by atoms with Gasteiger partial charge in [-0.3, -0.25) is 4.79 Å². The van der Waals surface area contributed by atoms with E-state index in [2.05, 4.69) is 10.5 Å². The van der Waals surface area contributed by atoms with E-state index in [4.69, 9.17) is 9.26 Å². The van der Waals surface area contributed by atoms with Crippen molar-refractivity contribution in [3.63, 3.8) is 0 Å². The molecular formula is C17H14N2O3. The number of hydrogen-bond donors (Lipinski definition) is 1. The predicted molar refractivity (Wildman–Crippen MR) is 81.7 cm³/mol. The van der Waals surface area contributed by atoms with E-state index >= 15 is 0 Å². The fourth-order valence-electron chi connectivity index (χ4n) is 1.90. The van der Waals surface area contributed by atoms with Gasteiger partial charge in [-0.1, -0.05) is 35.5 Å². The molecule has 1 N–H and O–H groups in total. The Labute approximate surface area is 127 Å². The molecule has 0 unspecified atom stereocenters. The summed E-state index contributed by atoms with van der Waals surface area (Å²) in [5, 5.41) is 6.21. The first-order valence-electron chi connectivity index (χ1n) is 6.80. The molecule has 1 aromatic heterocycles. The third-order valence-corrected chi connectivity index (χ3v) is 3.02. The van der Waals surface area contributed by atoms with Crippen molar-refractivity contribution in [1.82, 2.24) is 5.16 Å². The molecule has 3 rings (SSSR count). The third kappa shape index (κ3) is 3.52. The summed E-state index contributed by atoms with van der Waals surface area (Å²) in [7, 11) is 0. The molecule has 110 valence electrons. The van der Waals surface area contributed by atoms with Gasteiger partial charge in [0, 0.05) is 11.8 Å². The Bertz CT molecular complexity index is 722. The van der Waals surface area contributed by atoms with E-state index in [9.17, 15) is 4.79 Å². The molecule has 0 radical (unpaired) electrons. The summed E-state index contributed by atoms with van der Waals surface area (Å²) in [5.74, 6) is 0.571. The molecule has 0 spiro atoms. The van der Waals surface area contributed by atoms with Crippen LogP contribution in [-0.2, 0) is 6.61 Å². The number of ether oxygens (including phenoxy) is 1. The minimum absolute atomic E-state index is 0.171. The molecule has 0 aliphatic rings. The van der Waals surface area contributed by atoms with E-state index < -0.39 is 0 Å². The molecule has 0 fully saturated rings. The molecule has 5 heteroatoms. The van der Waals surface area contributed by atoms with Crippen LogP contribution in [0.2, 0.25) is 0 Å². The lowest BCUT2D eigenvalue weighted by molar-refractivity contribution is 0.0988. The van der Waals surface area contributed by atoms with Gasteiger partial charge in [0.25, 0.3) is 5.91 Å². The molecule has 1 heterocycles. The molecule has 2 aromatic carbocycles. The van der Waals surface area contributed by atoms with E-state index in [0.29, 0.717) is 12.3 Å². The summed E-state index contributed by atoms with van der Waals surface area (Å²) in [6, 6.07) is 18.6. The Morgan fingerprint density at radius 3 is 2.50 bits per heavy atom. The SMILES string of the molecule is O=C(Nc1ccc(OCc2ccccc2)cc1)c1ccno1. The highest BCUT2D eigenvalue weighted by Gasteiger charge is 2.09. The highest BCUT2D eigenvalue weighted by molar-refractivity contribution is 6.02. The van der Waals surface area contributed by atoms with Crippen LogP contribution in [-0.4, -0.2) is 11.1 Å². The highest BCUT2D eigenvalue weighted by atomic mass is 16.5. The molecule has 0 saturated carbocycles. The number of anilines is 1. The molecular weight excluding hydrogens is 280 g/mol. The van der Waals surface area contributed by atoms with Gasteiger partial charge >= 0.3 is 0 Å². The van der Waals surface area contributed by atoms with Crippen molar-refractivity contribution in [3.8, 4) is 5.75 Å². The quantitative estimate of drug-likeness (QED) is 0.782. The first-order valence-corrected chi connectivity index (χ1v) is 6.80. The van der Waals surface area contributed by atoms with Crippen LogP contribution in [0.1, 0.15) is 16.1 Å². The molecule has 3 aromatic rings. The zero-order valence-electron chi connectivity index (χ0n) is 11.7. The summed E-state index contributed by atoms with van der Waals surface area (Å²) in [6.07, 6.45) is 1.43. The van der Waals surface area contributed by atoms with E-state index in [1.807, 2.05) is 30.3 Å². The maximum atomic E-state index is 11.8. The lowest BCUT2D eigenvalue weighted by Gasteiger charge is -2.07. The number of aromatic nitrogens is 1. The van der Waals surface area contributed by atoms with Crippen molar-refractivity contribution in [2.45, 2.75) is 6.61 Å². The molecule has 0 aliphatic heterocycles. The normalized spacial score (nSPS) is 10.2. The molecule has 1 amide bonds. The van der Waals surface area contributed by atoms with Crippen molar-refractivity contribution >= 4 is 11.6 Å². The monoisotopic (exact) mass is 294 g/mol. The van der Waals surface area contributed by atoms with Crippen LogP contribution >= 0.6 is 0 Å². The van der Waals surface area contributed by atoms with Crippen LogP contribution in [0.15, 0.2) is 71.4 Å². The van der Waals surface area contributed by atoms with Crippen molar-refractivity contribution < 1.29 is 14.1 Å². The van der Waals surface area contributed by atoms with Crippen molar-refractivity contribution in [1.29, 1.82) is 0 Å². The molecule has 0 atom stereocenters. The number of hydrogen-bond acceptors (Lipinski definition) is 4. The fourth-order valence-corrected chi connectivity index (χ4v) is 1.90. The summed E-state index contributed by atoms with van der Waals surface area (Å²) in [4.78, 5) is 11.8. The van der Waals surface area contributed by atoms with E-state index in [-0.39, 0.29) is 11.7 Å². The van der Waals surface area contributed by atoms with E-state index in [1.165, 1.54) is 12.3 Å². The van der Waals surface area contributed by atoms with Crippen LogP contribution in [0.25, 0.3) is 0 Å². The van der Waals surface area contributed by atoms with Crippen LogP contribution in [0.5, 0.6) is 5.75 Å². The Hall–Kier alpha value is -3.08. The lowest BCUT2D eigenvalue weighted by Crippen LogP contribution is -2.10. The van der Waals surface area contributed by atoms with Crippen molar-refractivity contribution in [2.75, 3.05) is 5.32 Å². The Kier molecular flexibility index (Phi) is 4.15. The van der Waals surface area contributed by atoms with E-state index in [0.717, 1.165) is 11.3 Å². The topological polar surface area (TPSA) is 64.4 Å². The van der Waals surface area contributed by atoms with Gasteiger partial charge in [-0.15, -0.1) is 0 Å². The summed E-state index contributed by atoms with van der Waals surface area (Å²) < 4.78 is 10.5. The Morgan fingerprint density at radius 2 is 1.82 bits per heavy atom. The maximum Gasteiger partial charge on any atom is 0.294 e. The predicted octanol–water partition coefficient (Wildman–Crippen LogP) is 3.51. The highest BCUT2D eigenvalue weighted by Crippen LogP contribution is 2.17. The molecule has 0 saturated heterocycles. The van der Waals surface area contributed by atoms with Crippen LogP contribution < -0.4 is 10.1 Å². The number of amides is 1. The minimum Gasteiger partial charge on any atom is -0.489 e. The fraction of sp³-hybridized carbons (Fsp3) is 0.0588. The van der Waals surface area contributed by atoms with Crippen LogP contribution in [0, 0.1) is 0 Å². The van der Waals surface area contributed by atoms with Gasteiger partial charge in [-0.25, -0.2) is 0 Å². The summed E-state index contributed by atoms with van der Waals surface area (Å²) in [5.41, 5.74) is 1.76. The first kappa shape index (κ1) is 13.9. The second-order valence-electron chi connectivity index (χ2n) is 4.63. The summed E-state index contributed by atoms with van der Waals surface area (Å²) in [6.45, 7) is 0.505. The zero-order valence-corrected chi connectivity index (χ0v) is 11.7. The largest absolute Gasteiger partial charge is 0.489 e. The molecule has 0 aliphatic carbocycles. The smallest absolute Gasteiger partial charge is 0.294 e. The van der Waals surface area contributed by atoms with Crippen LogP contribution in [0.4, 0.5) is 5.69 Å². The number of nitrogens with zero attached hydrogens (tertiary/aromatic N) is 1. The number of benzene rings is 2. The minimum atomic E-state index is -0.338. The second kappa shape index (κ2) is 6.58. The second-order valence-corrected chi connectivity index (χ2v) is 4.63. The van der Waals surface area contributed by atoms with Crippen molar-refractivity contribution in [2.24, 2.45) is 0 Å². The Morgan fingerprint density at radius 1 is 1.05 bits per heavy atom. The van der Waals surface area contributed by atoms with Gasteiger partial charge in [0.2, 0.25) is 5.76 Å². The number of rotatable bonds is 5. The van der Waals surface area contributed by atoms with E-state index in [1.54, 1.807) is 24.3 Å². The van der Waals surface area contributed by atoms with Gasteiger partial charge in [0.1, 0.15) is 12.4 Å². The maximum absolute atomic E-state index is 11.8. The number of carbonyl (C=O) groups excluding carboxylic acids is 1. The Balaban J connectivity index is 1.57. The molecule has 5 nitrogen and oxygen atoms in total. The van der Waals surface area contributed by atoms with Gasteiger partial charge in [-0.2, -0.15) is 0 Å². The van der Waals surface area contributed by atoms with Gasteiger partial charge < -0.3 is 14.6 Å². The molecule has 0 bridgehead atoms. The summed E-state index contributed by atoms with van der Waals surface area (Å²) >= 11 is 0. The lowest BCUT2D eigenvalue weighted by atomic mass is 10.2. The average molecular weight is 294 g/mol. The molecule has 22 heavy (non-hydrogen) atoms. The van der Waals surface area contributed by atoms with Gasteiger partial charge in [0.15, 0.2) is 0 Å². The average Bonchev–Trinajstić information content (AvgIpc) is 3.10. The van der Waals surface area contributed by atoms with Crippen molar-refractivity contribution in [3.05, 3.63) is 78.2 Å². The number of nitrogens with one attached hydrogen (secondary N) is 1. The van der Waals surface area contributed by atoms with Gasteiger partial charge in [-0.05, 0) is 29.8 Å². The zero-order chi connectivity index (χ0) is 15.2. The van der Waals surface area contributed by atoms with Crippen LogP contribution in [0.3, 0.4) is 0 Å². The first-order chi connectivity index (χ1) is 10.8. The van der Waals surface area contributed by atoms with Gasteiger partial charge in [0.05, 0.1) is 6.20 Å². The standard InChI is InChI=1S/C17H14N2O3/c20-17(16-10-11-18-22-16)19-14-6-8-15(9-7-14)21-12-13-4-2-1-3-5-13/h1-11H,12H2,(H,19,20). The number of carbonyl (C=O) groups is 1. The third-order valence-electron chi connectivity index (χ3n) is 3.02.